The van der Waals surface area contributed by atoms with Crippen LogP contribution in [0.4, 0.5) is 34.9 Å². The fourth-order valence-corrected chi connectivity index (χ4v) is 4.14. The summed E-state index contributed by atoms with van der Waals surface area (Å²) < 4.78 is 53.2. The second kappa shape index (κ2) is 9.36. The molecule has 4 aromatic rings. The van der Waals surface area contributed by atoms with Gasteiger partial charge < -0.3 is 15.1 Å². The minimum absolute atomic E-state index is 0.278. The first-order valence-electron chi connectivity index (χ1n) is 11.1. The number of anilines is 3. The molecule has 0 unspecified atom stereocenters. The van der Waals surface area contributed by atoms with Crippen LogP contribution >= 0.6 is 0 Å². The molecule has 2 aromatic carbocycles. The smallest absolute Gasteiger partial charge is 0.368 e. The fraction of sp³-hybridized carbons (Fsp3) is 0.240. The number of hydrogen-bond acceptors (Lipinski definition) is 6. The topological polar surface area (TPSA) is 57.2 Å². The number of benzene rings is 2. The van der Waals surface area contributed by atoms with Crippen molar-refractivity contribution < 1.29 is 17.6 Å². The lowest BCUT2D eigenvalue weighted by Gasteiger charge is -2.36. The fourth-order valence-electron chi connectivity index (χ4n) is 4.14. The van der Waals surface area contributed by atoms with Crippen LogP contribution in [-0.2, 0) is 12.7 Å². The molecule has 0 saturated carbocycles. The summed E-state index contributed by atoms with van der Waals surface area (Å²) in [5.74, 6) is 0.828. The summed E-state index contributed by atoms with van der Waals surface area (Å²) >= 11 is 0. The number of halogens is 4. The quantitative estimate of drug-likeness (QED) is 0.399. The zero-order valence-corrected chi connectivity index (χ0v) is 18.6. The maximum Gasteiger partial charge on any atom is 0.417 e. The summed E-state index contributed by atoms with van der Waals surface area (Å²) in [5.41, 5.74) is 1.33. The minimum Gasteiger partial charge on any atom is -0.368 e. The number of hydrogen-bond donors (Lipinski definition) is 1. The zero-order valence-electron chi connectivity index (χ0n) is 18.6. The molecule has 1 fully saturated rings. The molecule has 6 nitrogen and oxygen atoms in total. The van der Waals surface area contributed by atoms with Crippen LogP contribution in [0.1, 0.15) is 11.1 Å². The van der Waals surface area contributed by atoms with Gasteiger partial charge in [0.05, 0.1) is 11.1 Å². The van der Waals surface area contributed by atoms with Crippen molar-refractivity contribution in [2.75, 3.05) is 41.3 Å². The van der Waals surface area contributed by atoms with Gasteiger partial charge in [0.2, 0.25) is 0 Å². The van der Waals surface area contributed by atoms with Gasteiger partial charge in [-0.05, 0) is 36.4 Å². The van der Waals surface area contributed by atoms with Crippen molar-refractivity contribution in [3.05, 3.63) is 84.1 Å². The van der Waals surface area contributed by atoms with Crippen LogP contribution in [-0.4, -0.2) is 41.1 Å². The van der Waals surface area contributed by atoms with E-state index in [1.165, 1.54) is 18.5 Å². The molecule has 0 aliphatic carbocycles. The normalized spacial score (nSPS) is 14.4. The molecule has 2 aromatic heterocycles. The van der Waals surface area contributed by atoms with Gasteiger partial charge in [-0.2, -0.15) is 13.2 Å². The molecule has 1 saturated heterocycles. The maximum atomic E-state index is 14.9. The maximum absolute atomic E-state index is 14.9. The summed E-state index contributed by atoms with van der Waals surface area (Å²) in [6.07, 6.45) is -2.07. The van der Waals surface area contributed by atoms with E-state index < -0.39 is 11.7 Å². The number of piperazine rings is 1. The summed E-state index contributed by atoms with van der Waals surface area (Å²) in [6.45, 7) is 2.63. The molecule has 0 radical (unpaired) electrons. The lowest BCUT2D eigenvalue weighted by Crippen LogP contribution is -2.46. The van der Waals surface area contributed by atoms with E-state index >= 15 is 0 Å². The summed E-state index contributed by atoms with van der Waals surface area (Å²) in [5, 5.41) is 4.06. The van der Waals surface area contributed by atoms with Gasteiger partial charge >= 0.3 is 6.18 Å². The number of nitrogens with one attached hydrogen (secondary N) is 1. The van der Waals surface area contributed by atoms with Gasteiger partial charge in [0.1, 0.15) is 23.8 Å². The predicted octanol–water partition coefficient (Wildman–Crippen LogP) is 5.12. The Hall–Kier alpha value is -3.95. The Morgan fingerprint density at radius 2 is 1.63 bits per heavy atom. The van der Waals surface area contributed by atoms with Gasteiger partial charge in [-0.3, -0.25) is 0 Å². The third-order valence-corrected chi connectivity index (χ3v) is 6.07. The monoisotopic (exact) mass is 482 g/mol. The van der Waals surface area contributed by atoms with Crippen molar-refractivity contribution in [2.45, 2.75) is 12.7 Å². The number of fused-ring (bicyclic) bond motifs is 1. The van der Waals surface area contributed by atoms with Gasteiger partial charge in [-0.1, -0.05) is 18.2 Å². The average Bonchev–Trinajstić information content (AvgIpc) is 2.87. The Morgan fingerprint density at radius 3 is 2.34 bits per heavy atom. The van der Waals surface area contributed by atoms with Crippen LogP contribution in [0.5, 0.6) is 0 Å². The van der Waals surface area contributed by atoms with E-state index in [4.69, 9.17) is 0 Å². The van der Waals surface area contributed by atoms with Gasteiger partial charge in [0.25, 0.3) is 0 Å². The Labute approximate surface area is 199 Å². The van der Waals surface area contributed by atoms with E-state index in [1.807, 2.05) is 35.2 Å². The SMILES string of the molecule is Fc1cc(N2CCN(c3ccc(C(F)(F)F)cn3)CC2)ccc1CNc1ncnc2ccccc12. The highest BCUT2D eigenvalue weighted by Crippen LogP contribution is 2.30. The van der Waals surface area contributed by atoms with E-state index in [9.17, 15) is 17.6 Å². The summed E-state index contributed by atoms with van der Waals surface area (Å²) in [7, 11) is 0. The Bertz CT molecular complexity index is 1310. The Kier molecular flexibility index (Phi) is 6.10. The second-order valence-corrected chi connectivity index (χ2v) is 8.25. The first kappa shape index (κ1) is 22.8. The molecular formula is C25H22F4N6. The lowest BCUT2D eigenvalue weighted by atomic mass is 10.1. The van der Waals surface area contributed by atoms with Crippen molar-refractivity contribution in [1.29, 1.82) is 0 Å². The van der Waals surface area contributed by atoms with Crippen molar-refractivity contribution in [2.24, 2.45) is 0 Å². The minimum atomic E-state index is -4.40. The van der Waals surface area contributed by atoms with Crippen LogP contribution in [0, 0.1) is 5.82 Å². The standard InChI is InChI=1S/C25H22F4N6/c26-21-13-19(7-5-17(21)14-31-24-20-3-1-2-4-22(20)32-16-33-24)34-9-11-35(12-10-34)23-8-6-18(15-30-23)25(27,28)29/h1-8,13,15-16H,9-12,14H2,(H,31,32,33). The van der Waals surface area contributed by atoms with Gasteiger partial charge in [-0.15, -0.1) is 0 Å². The molecule has 3 heterocycles. The van der Waals surface area contributed by atoms with E-state index in [1.54, 1.807) is 6.07 Å². The first-order chi connectivity index (χ1) is 16.9. The number of pyridine rings is 1. The molecular weight excluding hydrogens is 460 g/mol. The third-order valence-electron chi connectivity index (χ3n) is 6.07. The molecule has 1 aliphatic heterocycles. The van der Waals surface area contributed by atoms with Crippen LogP contribution in [0.3, 0.4) is 0 Å². The highest BCUT2D eigenvalue weighted by Gasteiger charge is 2.31. The van der Waals surface area contributed by atoms with Crippen LogP contribution in [0.15, 0.2) is 67.1 Å². The molecule has 5 rings (SSSR count). The molecule has 180 valence electrons. The number of aromatic nitrogens is 3. The summed E-state index contributed by atoms with van der Waals surface area (Å²) in [6, 6.07) is 15.2. The number of rotatable bonds is 5. The molecule has 35 heavy (non-hydrogen) atoms. The lowest BCUT2D eigenvalue weighted by molar-refractivity contribution is -0.137. The first-order valence-corrected chi connectivity index (χ1v) is 11.1. The molecule has 0 atom stereocenters. The van der Waals surface area contributed by atoms with Crippen LogP contribution in [0.2, 0.25) is 0 Å². The molecule has 10 heteroatoms. The predicted molar refractivity (Wildman–Crippen MR) is 127 cm³/mol. The Morgan fingerprint density at radius 1 is 0.857 bits per heavy atom. The van der Waals surface area contributed by atoms with Gasteiger partial charge in [0, 0.05) is 55.6 Å². The zero-order chi connectivity index (χ0) is 24.4. The third kappa shape index (κ3) is 4.96. The molecule has 0 spiro atoms. The van der Waals surface area contributed by atoms with Gasteiger partial charge in [-0.25, -0.2) is 19.3 Å². The van der Waals surface area contributed by atoms with Crippen molar-refractivity contribution in [1.82, 2.24) is 15.0 Å². The molecule has 1 N–H and O–H groups in total. The molecule has 1 aliphatic rings. The van der Waals surface area contributed by atoms with Crippen LogP contribution in [0.25, 0.3) is 10.9 Å². The molecule has 0 bridgehead atoms. The van der Waals surface area contributed by atoms with Gasteiger partial charge in [0.15, 0.2) is 0 Å². The highest BCUT2D eigenvalue weighted by molar-refractivity contribution is 5.88. The second-order valence-electron chi connectivity index (χ2n) is 8.25. The van der Waals surface area contributed by atoms with E-state index in [2.05, 4.69) is 25.2 Å². The number of alkyl halides is 3. The van der Waals surface area contributed by atoms with Crippen molar-refractivity contribution in [3.8, 4) is 0 Å². The average molecular weight is 482 g/mol. The molecule has 0 amide bonds. The van der Waals surface area contributed by atoms with E-state index in [0.29, 0.717) is 43.4 Å². The highest BCUT2D eigenvalue weighted by atomic mass is 19.4. The van der Waals surface area contributed by atoms with Crippen molar-refractivity contribution >= 4 is 28.2 Å². The van der Waals surface area contributed by atoms with E-state index in [0.717, 1.165) is 28.9 Å². The Balaban J connectivity index is 1.21. The van der Waals surface area contributed by atoms with E-state index in [-0.39, 0.29) is 12.4 Å². The van der Waals surface area contributed by atoms with Crippen LogP contribution < -0.4 is 15.1 Å². The summed E-state index contributed by atoms with van der Waals surface area (Å²) in [4.78, 5) is 16.5. The van der Waals surface area contributed by atoms with Crippen molar-refractivity contribution in [3.63, 3.8) is 0 Å². The number of nitrogens with zero attached hydrogens (tertiary/aromatic N) is 5. The largest absolute Gasteiger partial charge is 0.417 e. The number of para-hydroxylation sites is 1.